The van der Waals surface area contributed by atoms with Gasteiger partial charge in [0.2, 0.25) is 0 Å². The third-order valence-electron chi connectivity index (χ3n) is 1.48. The first-order chi connectivity index (χ1) is 6.02. The molecule has 1 rings (SSSR count). The van der Waals surface area contributed by atoms with Gasteiger partial charge >= 0.3 is 0 Å². The Morgan fingerprint density at radius 3 is 2.23 bits per heavy atom. The summed E-state index contributed by atoms with van der Waals surface area (Å²) < 4.78 is 0. The third-order valence-corrected chi connectivity index (χ3v) is 1.48. The molecule has 13 heavy (non-hydrogen) atoms. The van der Waals surface area contributed by atoms with Crippen molar-refractivity contribution in [2.75, 3.05) is 0 Å². The van der Waals surface area contributed by atoms with E-state index in [-0.39, 0.29) is 11.5 Å². The maximum Gasteiger partial charge on any atom is 0.272 e. The zero-order chi connectivity index (χ0) is 10.0. The van der Waals surface area contributed by atoms with Gasteiger partial charge in [-0.1, -0.05) is 6.58 Å². The fourth-order valence-electron chi connectivity index (χ4n) is 0.724. The fourth-order valence-corrected chi connectivity index (χ4v) is 0.724. The molecule has 1 aliphatic heterocycles. The van der Waals surface area contributed by atoms with Crippen LogP contribution in [0.5, 0.6) is 0 Å². The average Bonchev–Trinajstić information content (AvgIpc) is 2.35. The molecule has 1 heterocycles. The Bertz CT molecular complexity index is 312. The number of nitrogens with one attached hydrogen (secondary N) is 1. The second-order valence-corrected chi connectivity index (χ2v) is 2.49. The summed E-state index contributed by atoms with van der Waals surface area (Å²) in [7, 11) is 0. The summed E-state index contributed by atoms with van der Waals surface area (Å²) in [5.41, 5.74) is 2.31. The molecule has 2 amide bonds. The third kappa shape index (κ3) is 1.81. The zero-order valence-electron chi connectivity index (χ0n) is 7.03. The van der Waals surface area contributed by atoms with Crippen molar-refractivity contribution < 1.29 is 14.4 Å². The van der Waals surface area contributed by atoms with Crippen molar-refractivity contribution in [2.24, 2.45) is 0 Å². The van der Waals surface area contributed by atoms with Crippen molar-refractivity contribution in [3.8, 4) is 0 Å². The number of hydrazine groups is 1. The molecule has 0 aliphatic carbocycles. The maximum atomic E-state index is 10.9. The second-order valence-electron chi connectivity index (χ2n) is 2.49. The first-order valence-electron chi connectivity index (χ1n) is 3.55. The van der Waals surface area contributed by atoms with E-state index in [0.29, 0.717) is 0 Å². The number of rotatable bonds is 3. The largest absolute Gasteiger partial charge is 0.293 e. The smallest absolute Gasteiger partial charge is 0.272 e. The van der Waals surface area contributed by atoms with Crippen LogP contribution in [0.25, 0.3) is 0 Å². The summed E-state index contributed by atoms with van der Waals surface area (Å²) >= 11 is 0. The van der Waals surface area contributed by atoms with E-state index in [1.54, 1.807) is 0 Å². The number of ketones is 1. The zero-order valence-corrected chi connectivity index (χ0v) is 7.03. The van der Waals surface area contributed by atoms with Crippen LogP contribution in [-0.4, -0.2) is 22.6 Å². The average molecular weight is 180 g/mol. The molecule has 0 atom stereocenters. The van der Waals surface area contributed by atoms with Crippen molar-refractivity contribution in [3.05, 3.63) is 24.4 Å². The normalized spacial score (nSPS) is 15.0. The minimum Gasteiger partial charge on any atom is -0.293 e. The highest BCUT2D eigenvalue weighted by Gasteiger charge is 2.24. The molecule has 0 spiro atoms. The van der Waals surface area contributed by atoms with Gasteiger partial charge in [-0.05, 0) is 0 Å². The highest BCUT2D eigenvalue weighted by molar-refractivity contribution is 6.12. The lowest BCUT2D eigenvalue weighted by atomic mass is 10.4. The van der Waals surface area contributed by atoms with E-state index in [1.807, 2.05) is 0 Å². The number of carbonyl (C=O) groups is 3. The molecule has 0 saturated carbocycles. The van der Waals surface area contributed by atoms with Crippen LogP contribution in [0.3, 0.4) is 0 Å². The molecule has 1 N–H and O–H groups in total. The van der Waals surface area contributed by atoms with Gasteiger partial charge in [-0.3, -0.25) is 19.8 Å². The van der Waals surface area contributed by atoms with Crippen molar-refractivity contribution in [1.82, 2.24) is 10.4 Å². The van der Waals surface area contributed by atoms with Crippen LogP contribution >= 0.6 is 0 Å². The Morgan fingerprint density at radius 2 is 1.85 bits per heavy atom. The standard InChI is InChI=1S/C8H8N2O3/c1-5(6(2)11)9-10-7(12)3-4-8(10)13/h3-4,9H,1H2,2H3. The molecule has 1 aliphatic rings. The Labute approximate surface area is 74.7 Å². The summed E-state index contributed by atoms with van der Waals surface area (Å²) in [6, 6.07) is 0. The molecular formula is C8H8N2O3. The van der Waals surface area contributed by atoms with Gasteiger partial charge in [0.25, 0.3) is 11.8 Å². The first-order valence-corrected chi connectivity index (χ1v) is 3.55. The van der Waals surface area contributed by atoms with E-state index in [0.717, 1.165) is 17.2 Å². The van der Waals surface area contributed by atoms with Gasteiger partial charge in [0.1, 0.15) is 0 Å². The van der Waals surface area contributed by atoms with E-state index in [4.69, 9.17) is 0 Å². The van der Waals surface area contributed by atoms with Gasteiger partial charge < -0.3 is 0 Å². The Kier molecular flexibility index (Phi) is 2.27. The molecule has 0 aromatic heterocycles. The molecule has 0 radical (unpaired) electrons. The molecule has 68 valence electrons. The van der Waals surface area contributed by atoms with E-state index in [1.165, 1.54) is 6.92 Å². The van der Waals surface area contributed by atoms with E-state index >= 15 is 0 Å². The molecule has 0 aromatic rings. The van der Waals surface area contributed by atoms with Crippen LogP contribution in [0.15, 0.2) is 24.4 Å². The van der Waals surface area contributed by atoms with Crippen molar-refractivity contribution in [1.29, 1.82) is 0 Å². The molecular weight excluding hydrogens is 172 g/mol. The highest BCUT2D eigenvalue weighted by atomic mass is 16.2. The molecule has 0 fully saturated rings. The molecule has 5 heteroatoms. The lowest BCUT2D eigenvalue weighted by Gasteiger charge is -2.15. The summed E-state index contributed by atoms with van der Waals surface area (Å²) in [5.74, 6) is -1.34. The second kappa shape index (κ2) is 3.22. The summed E-state index contributed by atoms with van der Waals surface area (Å²) in [5, 5.41) is 0.726. The summed E-state index contributed by atoms with van der Waals surface area (Å²) in [6.45, 7) is 4.64. The van der Waals surface area contributed by atoms with Crippen LogP contribution in [0, 0.1) is 0 Å². The van der Waals surface area contributed by atoms with Gasteiger partial charge in [0, 0.05) is 19.1 Å². The summed E-state index contributed by atoms with van der Waals surface area (Å²) in [4.78, 5) is 32.6. The number of Topliss-reactive ketones (excluding diaryl/α,β-unsaturated/α-hetero) is 1. The number of hydrogen-bond acceptors (Lipinski definition) is 4. The SMILES string of the molecule is C=C(NN1C(=O)C=CC1=O)C(C)=O. The Morgan fingerprint density at radius 1 is 1.38 bits per heavy atom. The summed E-state index contributed by atoms with van der Waals surface area (Å²) in [6.07, 6.45) is 2.23. The molecule has 0 saturated heterocycles. The van der Waals surface area contributed by atoms with E-state index in [9.17, 15) is 14.4 Å². The van der Waals surface area contributed by atoms with Crippen LogP contribution in [0.2, 0.25) is 0 Å². The highest BCUT2D eigenvalue weighted by Crippen LogP contribution is 2.01. The lowest BCUT2D eigenvalue weighted by Crippen LogP contribution is -2.43. The van der Waals surface area contributed by atoms with Gasteiger partial charge in [0.15, 0.2) is 5.78 Å². The van der Waals surface area contributed by atoms with Crippen LogP contribution in [0.1, 0.15) is 6.92 Å². The number of nitrogens with zero attached hydrogens (tertiary/aromatic N) is 1. The number of allylic oxidation sites excluding steroid dienone is 1. The van der Waals surface area contributed by atoms with Gasteiger partial charge in [-0.25, -0.2) is 0 Å². The van der Waals surface area contributed by atoms with Crippen molar-refractivity contribution in [3.63, 3.8) is 0 Å². The van der Waals surface area contributed by atoms with Crippen LogP contribution in [-0.2, 0) is 14.4 Å². The molecule has 0 unspecified atom stereocenters. The Balaban J connectivity index is 2.66. The van der Waals surface area contributed by atoms with Crippen molar-refractivity contribution >= 4 is 17.6 Å². The van der Waals surface area contributed by atoms with E-state index in [2.05, 4.69) is 12.0 Å². The minimum atomic E-state index is -0.507. The quantitative estimate of drug-likeness (QED) is 0.470. The number of imide groups is 1. The minimum absolute atomic E-state index is 0.00500. The monoisotopic (exact) mass is 180 g/mol. The number of amides is 2. The topological polar surface area (TPSA) is 66.5 Å². The predicted molar refractivity (Wildman–Crippen MR) is 43.9 cm³/mol. The maximum absolute atomic E-state index is 10.9. The van der Waals surface area contributed by atoms with Crippen molar-refractivity contribution in [2.45, 2.75) is 6.92 Å². The van der Waals surface area contributed by atoms with Gasteiger partial charge in [0.05, 0.1) is 5.70 Å². The number of carbonyl (C=O) groups excluding carboxylic acids is 3. The predicted octanol–water partition coefficient (Wildman–Crippen LogP) is -0.481. The molecule has 0 aromatic carbocycles. The van der Waals surface area contributed by atoms with Crippen LogP contribution in [0.4, 0.5) is 0 Å². The lowest BCUT2D eigenvalue weighted by molar-refractivity contribution is -0.139. The Hall–Kier alpha value is -1.91. The van der Waals surface area contributed by atoms with E-state index < -0.39 is 11.8 Å². The first kappa shape index (κ1) is 9.18. The molecule has 5 nitrogen and oxygen atoms in total. The van der Waals surface area contributed by atoms with Gasteiger partial charge in [-0.2, -0.15) is 5.01 Å². The van der Waals surface area contributed by atoms with Gasteiger partial charge in [-0.15, -0.1) is 0 Å². The number of hydrogen-bond donors (Lipinski definition) is 1. The fraction of sp³-hybridized carbons (Fsp3) is 0.125. The van der Waals surface area contributed by atoms with Crippen LogP contribution < -0.4 is 5.43 Å². The molecule has 0 bridgehead atoms.